The molecule has 2 fully saturated rings. The topological polar surface area (TPSA) is 75.9 Å². The Morgan fingerprint density at radius 1 is 1.28 bits per heavy atom. The Hall–Kier alpha value is -1.36. The first kappa shape index (κ1) is 11.7. The molecule has 0 bridgehead atoms. The molecule has 0 aromatic carbocycles. The third-order valence-corrected chi connectivity index (χ3v) is 3.61. The summed E-state index contributed by atoms with van der Waals surface area (Å²) in [4.78, 5) is 9.00. The van der Waals surface area contributed by atoms with E-state index in [4.69, 9.17) is 5.84 Å². The molecule has 4 N–H and O–H groups in total. The molecule has 3 rings (SSSR count). The second kappa shape index (κ2) is 4.72. The predicted molar refractivity (Wildman–Crippen MR) is 72.2 cm³/mol. The number of rotatable bonds is 6. The van der Waals surface area contributed by atoms with Crippen molar-refractivity contribution in [3.63, 3.8) is 0 Å². The molecule has 1 heterocycles. The Labute approximate surface area is 108 Å². The van der Waals surface area contributed by atoms with Crippen molar-refractivity contribution in [3.8, 4) is 0 Å². The highest BCUT2D eigenvalue weighted by molar-refractivity contribution is 5.48. The second-order valence-corrected chi connectivity index (χ2v) is 5.64. The number of nitrogens with zero attached hydrogens (tertiary/aromatic N) is 2. The standard InChI is InChI=1S/C13H21N5/c1-8(6-9-2-3-9)15-11-7-12(18-14)17-13(16-11)10-4-5-10/h7-10H,2-6,14H2,1H3,(H2,15,16,17,18). The number of hydrazine groups is 1. The van der Waals surface area contributed by atoms with E-state index in [2.05, 4.69) is 27.6 Å². The van der Waals surface area contributed by atoms with E-state index in [1.807, 2.05) is 6.07 Å². The molecule has 2 aliphatic carbocycles. The van der Waals surface area contributed by atoms with Gasteiger partial charge in [-0.1, -0.05) is 12.8 Å². The third-order valence-electron chi connectivity index (χ3n) is 3.61. The molecule has 18 heavy (non-hydrogen) atoms. The zero-order valence-corrected chi connectivity index (χ0v) is 10.8. The predicted octanol–water partition coefficient (Wildman–Crippen LogP) is 2.24. The quantitative estimate of drug-likeness (QED) is 0.531. The Morgan fingerprint density at radius 2 is 2.00 bits per heavy atom. The first-order valence-corrected chi connectivity index (χ1v) is 6.86. The largest absolute Gasteiger partial charge is 0.367 e. The van der Waals surface area contributed by atoms with E-state index in [0.717, 1.165) is 17.6 Å². The maximum atomic E-state index is 5.46. The molecular formula is C13H21N5. The number of nitrogens with two attached hydrogens (primary N) is 1. The number of aromatic nitrogens is 2. The van der Waals surface area contributed by atoms with E-state index >= 15 is 0 Å². The average molecular weight is 247 g/mol. The van der Waals surface area contributed by atoms with Gasteiger partial charge >= 0.3 is 0 Å². The third kappa shape index (κ3) is 2.90. The maximum absolute atomic E-state index is 5.46. The summed E-state index contributed by atoms with van der Waals surface area (Å²) in [6, 6.07) is 2.35. The summed E-state index contributed by atoms with van der Waals surface area (Å²) in [6.45, 7) is 2.22. The Morgan fingerprint density at radius 3 is 2.61 bits per heavy atom. The zero-order chi connectivity index (χ0) is 12.5. The molecule has 0 radical (unpaired) electrons. The lowest BCUT2D eigenvalue weighted by atomic mass is 10.1. The van der Waals surface area contributed by atoms with Gasteiger partial charge in [-0.05, 0) is 32.1 Å². The lowest BCUT2D eigenvalue weighted by Gasteiger charge is -2.15. The first-order chi connectivity index (χ1) is 8.74. The molecule has 1 unspecified atom stereocenters. The summed E-state index contributed by atoms with van der Waals surface area (Å²) in [5, 5.41) is 3.46. The Bertz CT molecular complexity index is 425. The highest BCUT2D eigenvalue weighted by atomic mass is 15.3. The van der Waals surface area contributed by atoms with Gasteiger partial charge in [0.2, 0.25) is 0 Å². The van der Waals surface area contributed by atoms with Gasteiger partial charge in [0.1, 0.15) is 17.5 Å². The average Bonchev–Trinajstić information content (AvgIpc) is 3.21. The Balaban J connectivity index is 1.70. The van der Waals surface area contributed by atoms with Crippen LogP contribution in [0.2, 0.25) is 0 Å². The number of anilines is 2. The molecule has 2 aliphatic rings. The van der Waals surface area contributed by atoms with Crippen LogP contribution in [0.5, 0.6) is 0 Å². The van der Waals surface area contributed by atoms with Gasteiger partial charge in [0, 0.05) is 18.0 Å². The fourth-order valence-corrected chi connectivity index (χ4v) is 2.30. The van der Waals surface area contributed by atoms with Crippen LogP contribution in [-0.4, -0.2) is 16.0 Å². The van der Waals surface area contributed by atoms with Crippen molar-refractivity contribution in [3.05, 3.63) is 11.9 Å². The van der Waals surface area contributed by atoms with E-state index in [-0.39, 0.29) is 0 Å². The molecule has 0 saturated heterocycles. The van der Waals surface area contributed by atoms with E-state index in [0.29, 0.717) is 17.8 Å². The number of hydrogen-bond donors (Lipinski definition) is 3. The van der Waals surface area contributed by atoms with Gasteiger partial charge < -0.3 is 10.7 Å². The van der Waals surface area contributed by atoms with Crippen molar-refractivity contribution in [2.45, 2.75) is 51.0 Å². The molecule has 1 atom stereocenters. The number of nitrogen functional groups attached to an aromatic ring is 1. The van der Waals surface area contributed by atoms with Crippen LogP contribution in [0.3, 0.4) is 0 Å². The number of hydrogen-bond acceptors (Lipinski definition) is 5. The van der Waals surface area contributed by atoms with Crippen LogP contribution in [0.15, 0.2) is 6.07 Å². The van der Waals surface area contributed by atoms with E-state index in [9.17, 15) is 0 Å². The minimum atomic E-state index is 0.463. The van der Waals surface area contributed by atoms with Crippen LogP contribution in [0.4, 0.5) is 11.6 Å². The second-order valence-electron chi connectivity index (χ2n) is 5.64. The minimum absolute atomic E-state index is 0.463. The van der Waals surface area contributed by atoms with Crippen LogP contribution in [0.1, 0.15) is 50.8 Å². The van der Waals surface area contributed by atoms with Crippen molar-refractivity contribution in [2.75, 3.05) is 10.7 Å². The summed E-state index contributed by atoms with van der Waals surface area (Å²) in [5.41, 5.74) is 2.63. The zero-order valence-electron chi connectivity index (χ0n) is 10.8. The highest BCUT2D eigenvalue weighted by Gasteiger charge is 2.28. The molecule has 1 aromatic heterocycles. The lowest BCUT2D eigenvalue weighted by Crippen LogP contribution is -2.18. The molecule has 5 nitrogen and oxygen atoms in total. The molecule has 2 saturated carbocycles. The van der Waals surface area contributed by atoms with Crippen LogP contribution in [0, 0.1) is 5.92 Å². The summed E-state index contributed by atoms with van der Waals surface area (Å²) < 4.78 is 0. The van der Waals surface area contributed by atoms with E-state index in [1.54, 1.807) is 0 Å². The van der Waals surface area contributed by atoms with Crippen molar-refractivity contribution in [1.82, 2.24) is 9.97 Å². The van der Waals surface area contributed by atoms with Gasteiger partial charge in [-0.25, -0.2) is 15.8 Å². The molecule has 0 aliphatic heterocycles. The molecule has 98 valence electrons. The smallest absolute Gasteiger partial charge is 0.145 e. The van der Waals surface area contributed by atoms with Crippen LogP contribution < -0.4 is 16.6 Å². The summed E-state index contributed by atoms with van der Waals surface area (Å²) in [5.74, 6) is 9.44. The van der Waals surface area contributed by atoms with Gasteiger partial charge in [-0.15, -0.1) is 0 Å². The van der Waals surface area contributed by atoms with Gasteiger partial charge in [0.25, 0.3) is 0 Å². The summed E-state index contributed by atoms with van der Waals surface area (Å²) in [7, 11) is 0. The lowest BCUT2D eigenvalue weighted by molar-refractivity contribution is 0.639. The number of nitrogens with one attached hydrogen (secondary N) is 2. The molecule has 0 amide bonds. The van der Waals surface area contributed by atoms with Crippen molar-refractivity contribution in [2.24, 2.45) is 11.8 Å². The Kier molecular flexibility index (Phi) is 3.07. The summed E-state index contributed by atoms with van der Waals surface area (Å²) >= 11 is 0. The van der Waals surface area contributed by atoms with E-state index in [1.165, 1.54) is 32.1 Å². The van der Waals surface area contributed by atoms with Crippen molar-refractivity contribution >= 4 is 11.6 Å². The van der Waals surface area contributed by atoms with Crippen LogP contribution >= 0.6 is 0 Å². The molecule has 0 spiro atoms. The molecular weight excluding hydrogens is 226 g/mol. The minimum Gasteiger partial charge on any atom is -0.367 e. The fourth-order valence-electron chi connectivity index (χ4n) is 2.30. The fraction of sp³-hybridized carbons (Fsp3) is 0.692. The highest BCUT2D eigenvalue weighted by Crippen LogP contribution is 2.39. The van der Waals surface area contributed by atoms with Crippen molar-refractivity contribution < 1.29 is 0 Å². The monoisotopic (exact) mass is 247 g/mol. The van der Waals surface area contributed by atoms with Crippen molar-refractivity contribution in [1.29, 1.82) is 0 Å². The normalized spacial score (nSPS) is 20.6. The van der Waals surface area contributed by atoms with Gasteiger partial charge in [-0.3, -0.25) is 0 Å². The van der Waals surface area contributed by atoms with Crippen LogP contribution in [0.25, 0.3) is 0 Å². The maximum Gasteiger partial charge on any atom is 0.145 e. The van der Waals surface area contributed by atoms with Crippen LogP contribution in [-0.2, 0) is 0 Å². The SMILES string of the molecule is CC(CC1CC1)Nc1cc(NN)nc(C2CC2)n1. The van der Waals surface area contributed by atoms with Gasteiger partial charge in [0.05, 0.1) is 0 Å². The van der Waals surface area contributed by atoms with Gasteiger partial charge in [-0.2, -0.15) is 0 Å². The van der Waals surface area contributed by atoms with Gasteiger partial charge in [0.15, 0.2) is 0 Å². The molecule has 5 heteroatoms. The first-order valence-electron chi connectivity index (χ1n) is 6.86. The summed E-state index contributed by atoms with van der Waals surface area (Å²) in [6.07, 6.45) is 6.40. The van der Waals surface area contributed by atoms with E-state index < -0.39 is 0 Å². The molecule has 1 aromatic rings.